The van der Waals surface area contributed by atoms with Gasteiger partial charge in [0.25, 0.3) is 0 Å². The summed E-state index contributed by atoms with van der Waals surface area (Å²) in [6.07, 6.45) is -5.22. The molecule has 7 nitrogen and oxygen atoms in total. The van der Waals surface area contributed by atoms with Crippen molar-refractivity contribution in [2.24, 2.45) is 0 Å². The number of benzene rings is 2. The van der Waals surface area contributed by atoms with Crippen molar-refractivity contribution in [3.8, 4) is 11.3 Å². The molecule has 190 valence electrons. The highest BCUT2D eigenvalue weighted by Gasteiger charge is 2.44. The van der Waals surface area contributed by atoms with E-state index in [1.807, 2.05) is 0 Å². The lowest BCUT2D eigenvalue weighted by Crippen LogP contribution is -2.57. The summed E-state index contributed by atoms with van der Waals surface area (Å²) in [6.45, 7) is -0.373. The molecule has 1 saturated heterocycles. The molecule has 0 aliphatic carbocycles. The summed E-state index contributed by atoms with van der Waals surface area (Å²) in [4.78, 5) is 26.9. The summed E-state index contributed by atoms with van der Waals surface area (Å²) in [7, 11) is 0. The Bertz CT molecular complexity index is 1230. The lowest BCUT2D eigenvalue weighted by molar-refractivity contribution is -0.206. The highest BCUT2D eigenvalue weighted by atomic mass is 19.4. The van der Waals surface area contributed by atoms with Crippen LogP contribution < -0.4 is 4.90 Å². The number of esters is 1. The van der Waals surface area contributed by atoms with E-state index < -0.39 is 35.9 Å². The third-order valence-corrected chi connectivity index (χ3v) is 5.68. The molecule has 1 unspecified atom stereocenters. The van der Waals surface area contributed by atoms with Crippen molar-refractivity contribution in [3.63, 3.8) is 0 Å². The van der Waals surface area contributed by atoms with Crippen LogP contribution in [0.15, 0.2) is 59.3 Å². The van der Waals surface area contributed by atoms with Crippen LogP contribution in [0.4, 0.5) is 27.6 Å². The highest BCUT2D eigenvalue weighted by Crippen LogP contribution is 2.28. The van der Waals surface area contributed by atoms with Crippen molar-refractivity contribution in [1.29, 1.82) is 0 Å². The number of hydrogen-bond acceptors (Lipinski definition) is 6. The quantitative estimate of drug-likeness (QED) is 0.364. The number of rotatable bonds is 6. The molecule has 36 heavy (non-hydrogen) atoms. The van der Waals surface area contributed by atoms with E-state index >= 15 is 0 Å². The monoisotopic (exact) mass is 509 g/mol. The van der Waals surface area contributed by atoms with E-state index in [2.05, 4.69) is 9.89 Å². The topological polar surface area (TPSA) is 75.9 Å². The molecule has 1 atom stereocenters. The first-order chi connectivity index (χ1) is 17.1. The van der Waals surface area contributed by atoms with E-state index in [-0.39, 0.29) is 38.2 Å². The van der Waals surface area contributed by atoms with Crippen molar-refractivity contribution < 1.29 is 40.8 Å². The summed E-state index contributed by atoms with van der Waals surface area (Å²) in [5, 5.41) is 3.73. The number of carbonyl (C=O) groups is 2. The first-order valence-corrected chi connectivity index (χ1v) is 10.9. The van der Waals surface area contributed by atoms with Crippen molar-refractivity contribution >= 4 is 17.6 Å². The molecular formula is C24H20F5N3O4. The zero-order valence-electron chi connectivity index (χ0n) is 18.7. The molecule has 0 N–H and O–H groups in total. The molecule has 3 aromatic rings. The van der Waals surface area contributed by atoms with E-state index in [0.29, 0.717) is 16.9 Å². The van der Waals surface area contributed by atoms with Crippen molar-refractivity contribution in [2.75, 3.05) is 24.5 Å². The number of anilines is 1. The SMILES string of the molecule is O=C(CCc1cnoc1-c1ccc(F)cc1)N1CCN(c2ccccc2F)C(OC(=O)C(F)(F)F)C1. The molecule has 4 rings (SSSR count). The average Bonchev–Trinajstić information content (AvgIpc) is 3.31. The molecule has 1 fully saturated rings. The second-order valence-electron chi connectivity index (χ2n) is 8.03. The fraction of sp³-hybridized carbons (Fsp3) is 0.292. The number of alkyl halides is 3. The molecule has 2 heterocycles. The predicted molar refractivity (Wildman–Crippen MR) is 116 cm³/mol. The van der Waals surface area contributed by atoms with Gasteiger partial charge >= 0.3 is 12.1 Å². The van der Waals surface area contributed by atoms with E-state index in [0.717, 1.165) is 6.07 Å². The van der Waals surface area contributed by atoms with Crippen LogP contribution in [0.5, 0.6) is 0 Å². The van der Waals surface area contributed by atoms with Crippen LogP contribution in [-0.2, 0) is 20.7 Å². The van der Waals surface area contributed by atoms with Crippen LogP contribution in [0.2, 0.25) is 0 Å². The number of ether oxygens (including phenoxy) is 1. The van der Waals surface area contributed by atoms with Gasteiger partial charge in [-0.25, -0.2) is 13.6 Å². The fourth-order valence-electron chi connectivity index (χ4n) is 3.91. The molecule has 0 bridgehead atoms. The molecule has 2 aromatic carbocycles. The van der Waals surface area contributed by atoms with Gasteiger partial charge in [0, 0.05) is 30.6 Å². The van der Waals surface area contributed by atoms with Crippen molar-refractivity contribution in [2.45, 2.75) is 25.2 Å². The Kier molecular flexibility index (Phi) is 7.22. The normalized spacial score (nSPS) is 16.2. The number of aryl methyl sites for hydroxylation is 1. The molecule has 1 aliphatic heterocycles. The molecule has 0 spiro atoms. The zero-order valence-corrected chi connectivity index (χ0v) is 18.7. The van der Waals surface area contributed by atoms with Crippen LogP contribution >= 0.6 is 0 Å². The third kappa shape index (κ3) is 5.64. The number of carbonyl (C=O) groups excluding carboxylic acids is 2. The second-order valence-corrected chi connectivity index (χ2v) is 8.03. The number of nitrogens with zero attached hydrogens (tertiary/aromatic N) is 3. The number of aromatic nitrogens is 1. The van der Waals surface area contributed by atoms with E-state index in [1.54, 1.807) is 0 Å². The number of amides is 1. The summed E-state index contributed by atoms with van der Waals surface area (Å²) in [5.74, 6) is -3.61. The van der Waals surface area contributed by atoms with Gasteiger partial charge in [-0.3, -0.25) is 4.79 Å². The maximum absolute atomic E-state index is 14.3. The smallest absolute Gasteiger partial charge is 0.433 e. The number of piperazine rings is 1. The highest BCUT2D eigenvalue weighted by molar-refractivity contribution is 5.78. The van der Waals surface area contributed by atoms with Gasteiger partial charge in [0.15, 0.2) is 12.0 Å². The Morgan fingerprint density at radius 3 is 2.47 bits per heavy atom. The van der Waals surface area contributed by atoms with E-state index in [9.17, 15) is 31.5 Å². The molecule has 12 heteroatoms. The van der Waals surface area contributed by atoms with Gasteiger partial charge in [-0.2, -0.15) is 13.2 Å². The minimum Gasteiger partial charge on any atom is -0.433 e. The zero-order chi connectivity index (χ0) is 25.9. The maximum atomic E-state index is 14.3. The van der Waals surface area contributed by atoms with Gasteiger partial charge in [-0.05, 0) is 42.8 Å². The maximum Gasteiger partial charge on any atom is 0.491 e. The first kappa shape index (κ1) is 25.1. The first-order valence-electron chi connectivity index (χ1n) is 10.9. The number of hydrogen-bond donors (Lipinski definition) is 0. The van der Waals surface area contributed by atoms with Crippen LogP contribution in [-0.4, -0.2) is 54.0 Å². The van der Waals surface area contributed by atoms with E-state index in [4.69, 9.17) is 4.52 Å². The Labute approximate surface area is 202 Å². The Morgan fingerprint density at radius 2 is 1.78 bits per heavy atom. The van der Waals surface area contributed by atoms with Crippen LogP contribution in [0.1, 0.15) is 12.0 Å². The Morgan fingerprint density at radius 1 is 1.06 bits per heavy atom. The molecule has 1 amide bonds. The Hall–Kier alpha value is -3.96. The number of para-hydroxylation sites is 1. The minimum atomic E-state index is -5.25. The summed E-state index contributed by atoms with van der Waals surface area (Å²) < 4.78 is 76.0. The average molecular weight is 509 g/mol. The third-order valence-electron chi connectivity index (χ3n) is 5.68. The molecule has 1 aromatic heterocycles. The van der Waals surface area contributed by atoms with Crippen LogP contribution in [0, 0.1) is 11.6 Å². The van der Waals surface area contributed by atoms with Crippen molar-refractivity contribution in [3.05, 3.63) is 71.9 Å². The predicted octanol–water partition coefficient (Wildman–Crippen LogP) is 4.33. The molecule has 1 aliphatic rings. The minimum absolute atomic E-state index is 0.0435. The van der Waals surface area contributed by atoms with Crippen LogP contribution in [0.25, 0.3) is 11.3 Å². The van der Waals surface area contributed by atoms with Gasteiger partial charge in [0.05, 0.1) is 18.4 Å². The van der Waals surface area contributed by atoms with Gasteiger partial charge < -0.3 is 19.1 Å². The molecular weight excluding hydrogens is 489 g/mol. The van der Waals surface area contributed by atoms with E-state index in [1.165, 1.54) is 58.5 Å². The van der Waals surface area contributed by atoms with Gasteiger partial charge in [0.1, 0.15) is 11.6 Å². The lowest BCUT2D eigenvalue weighted by atomic mass is 10.0. The summed E-state index contributed by atoms with van der Waals surface area (Å²) in [5.41, 5.74) is 1.10. The number of halogens is 5. The largest absolute Gasteiger partial charge is 0.491 e. The summed E-state index contributed by atoms with van der Waals surface area (Å²) in [6, 6.07) is 10.9. The Balaban J connectivity index is 1.46. The molecule has 0 saturated carbocycles. The van der Waals surface area contributed by atoms with Crippen LogP contribution in [0.3, 0.4) is 0 Å². The van der Waals surface area contributed by atoms with Gasteiger partial charge in [-0.15, -0.1) is 0 Å². The fourth-order valence-corrected chi connectivity index (χ4v) is 3.91. The van der Waals surface area contributed by atoms with Gasteiger partial charge in [0.2, 0.25) is 5.91 Å². The lowest BCUT2D eigenvalue weighted by Gasteiger charge is -2.42. The summed E-state index contributed by atoms with van der Waals surface area (Å²) >= 11 is 0. The van der Waals surface area contributed by atoms with Gasteiger partial charge in [-0.1, -0.05) is 17.3 Å². The standard InChI is InChI=1S/C24H20F5N3O4/c25-17-8-5-15(6-9-17)22-16(13-30-36-22)7-10-20(33)31-11-12-32(19-4-2-1-3-18(19)26)21(14-31)35-23(34)24(27,28)29/h1-6,8-9,13,21H,7,10-12,14H2. The second kappa shape index (κ2) is 10.3. The van der Waals surface area contributed by atoms with Crippen molar-refractivity contribution in [1.82, 2.24) is 10.1 Å². The molecule has 0 radical (unpaired) electrons.